The predicted molar refractivity (Wildman–Crippen MR) is 120 cm³/mol. The summed E-state index contributed by atoms with van der Waals surface area (Å²) in [5.74, 6) is 0.708. The molecule has 1 atom stereocenters. The number of aromatic amines is 1. The number of amides is 1. The van der Waals surface area contributed by atoms with E-state index in [0.717, 1.165) is 47.0 Å². The van der Waals surface area contributed by atoms with Crippen LogP contribution in [0.1, 0.15) is 25.1 Å². The molecule has 0 unspecified atom stereocenters. The molecule has 8 heteroatoms. The molecular formula is C25H23FN4O3. The van der Waals surface area contributed by atoms with Crippen molar-refractivity contribution in [1.29, 1.82) is 0 Å². The molecule has 0 radical (unpaired) electrons. The van der Waals surface area contributed by atoms with Gasteiger partial charge in [0.2, 0.25) is 5.91 Å². The third-order valence-electron chi connectivity index (χ3n) is 6.63. The number of aromatic nitrogens is 3. The van der Waals surface area contributed by atoms with Crippen LogP contribution >= 0.6 is 0 Å². The Morgan fingerprint density at radius 2 is 1.94 bits per heavy atom. The second-order valence-corrected chi connectivity index (χ2v) is 9.05. The summed E-state index contributed by atoms with van der Waals surface area (Å²) in [6.07, 6.45) is 5.06. The highest BCUT2D eigenvalue weighted by Crippen LogP contribution is 2.33. The first kappa shape index (κ1) is 20.0. The maximum atomic E-state index is 15.0. The number of rotatable bonds is 5. The number of carbonyl (C=O) groups is 1. The molecule has 7 nitrogen and oxygen atoms in total. The molecule has 1 N–H and O–H groups in total. The van der Waals surface area contributed by atoms with Gasteiger partial charge in [-0.15, -0.1) is 0 Å². The number of halogens is 1. The molecule has 6 rings (SSSR count). The topological polar surface area (TPSA) is 84.1 Å². The van der Waals surface area contributed by atoms with Crippen molar-refractivity contribution in [2.24, 2.45) is 11.8 Å². The minimum Gasteiger partial charge on any atom is -0.464 e. The Morgan fingerprint density at radius 3 is 2.76 bits per heavy atom. The minimum absolute atomic E-state index is 0.104. The van der Waals surface area contributed by atoms with Crippen LogP contribution in [0.25, 0.3) is 27.8 Å². The number of carbonyl (C=O) groups excluding carboxylic acids is 1. The average Bonchev–Trinajstić information content (AvgIpc) is 3.20. The first-order valence-electron chi connectivity index (χ1n) is 11.3. The van der Waals surface area contributed by atoms with E-state index in [9.17, 15) is 9.59 Å². The van der Waals surface area contributed by atoms with Crippen molar-refractivity contribution in [3.8, 4) is 16.8 Å². The number of hydrogen-bond acceptors (Lipinski definition) is 4. The van der Waals surface area contributed by atoms with Crippen LogP contribution < -0.4 is 5.69 Å². The first-order valence-corrected chi connectivity index (χ1v) is 11.3. The van der Waals surface area contributed by atoms with Crippen molar-refractivity contribution >= 4 is 16.9 Å². The number of H-pyrrole nitrogens is 1. The molecule has 1 aliphatic carbocycles. The van der Waals surface area contributed by atoms with E-state index < -0.39 is 11.5 Å². The van der Waals surface area contributed by atoms with E-state index in [4.69, 9.17) is 4.42 Å². The van der Waals surface area contributed by atoms with Gasteiger partial charge in [-0.05, 0) is 66.6 Å². The number of benzene rings is 2. The number of likely N-dealkylation sites (tertiary alicyclic amines) is 1. The molecule has 1 aliphatic heterocycles. The summed E-state index contributed by atoms with van der Waals surface area (Å²) >= 11 is 0. The van der Waals surface area contributed by atoms with Crippen LogP contribution in [0.15, 0.2) is 57.9 Å². The van der Waals surface area contributed by atoms with Crippen molar-refractivity contribution in [3.63, 3.8) is 0 Å². The highest BCUT2D eigenvalue weighted by Gasteiger charge is 2.36. The lowest BCUT2D eigenvalue weighted by atomic mass is 10.0. The second kappa shape index (κ2) is 7.72. The summed E-state index contributed by atoms with van der Waals surface area (Å²) in [4.78, 5) is 29.5. The maximum Gasteiger partial charge on any atom is 0.348 e. The maximum absolute atomic E-state index is 15.0. The fourth-order valence-corrected chi connectivity index (χ4v) is 4.69. The number of hydrogen-bond donors (Lipinski definition) is 1. The quantitative estimate of drug-likeness (QED) is 0.504. The SMILES string of the molecule is O=C(C1CC1)N1CC[C@@H](Cc2nn(-c3ccc(-c4ccc5occc5c4)cc3F)c(=O)[nH]2)C1. The lowest BCUT2D eigenvalue weighted by Gasteiger charge is -2.15. The van der Waals surface area contributed by atoms with E-state index >= 15 is 4.39 Å². The highest BCUT2D eigenvalue weighted by molar-refractivity contribution is 5.83. The molecule has 4 aromatic rings. The number of furan rings is 1. The molecule has 2 aromatic carbocycles. The third-order valence-corrected chi connectivity index (χ3v) is 6.63. The Labute approximate surface area is 188 Å². The smallest absolute Gasteiger partial charge is 0.348 e. The van der Waals surface area contributed by atoms with Crippen LogP contribution in [0.5, 0.6) is 0 Å². The molecular weight excluding hydrogens is 423 g/mol. The highest BCUT2D eigenvalue weighted by atomic mass is 19.1. The molecule has 2 fully saturated rings. The largest absolute Gasteiger partial charge is 0.464 e. The van der Waals surface area contributed by atoms with E-state index in [0.29, 0.717) is 24.4 Å². The normalized spacial score (nSPS) is 18.3. The average molecular weight is 446 g/mol. The molecule has 33 heavy (non-hydrogen) atoms. The zero-order valence-corrected chi connectivity index (χ0v) is 18.0. The van der Waals surface area contributed by atoms with Gasteiger partial charge >= 0.3 is 5.69 Å². The van der Waals surface area contributed by atoms with Crippen LogP contribution in [-0.4, -0.2) is 38.7 Å². The molecule has 168 valence electrons. The molecule has 2 aromatic heterocycles. The van der Waals surface area contributed by atoms with Crippen molar-refractivity contribution in [3.05, 3.63) is 70.9 Å². The van der Waals surface area contributed by atoms with Crippen molar-refractivity contribution in [1.82, 2.24) is 19.7 Å². The zero-order valence-electron chi connectivity index (χ0n) is 18.0. The van der Waals surface area contributed by atoms with Gasteiger partial charge in [-0.25, -0.2) is 9.18 Å². The van der Waals surface area contributed by atoms with Gasteiger partial charge in [0.05, 0.1) is 6.26 Å². The van der Waals surface area contributed by atoms with Gasteiger partial charge < -0.3 is 9.32 Å². The summed E-state index contributed by atoms with van der Waals surface area (Å²) in [5.41, 5.74) is 1.96. The van der Waals surface area contributed by atoms with Crippen LogP contribution in [0.4, 0.5) is 4.39 Å². The fourth-order valence-electron chi connectivity index (χ4n) is 4.69. The van der Waals surface area contributed by atoms with E-state index in [1.54, 1.807) is 18.4 Å². The summed E-state index contributed by atoms with van der Waals surface area (Å²) < 4.78 is 21.5. The summed E-state index contributed by atoms with van der Waals surface area (Å²) in [6.45, 7) is 1.44. The van der Waals surface area contributed by atoms with E-state index in [-0.39, 0.29) is 23.4 Å². The van der Waals surface area contributed by atoms with Gasteiger partial charge in [-0.2, -0.15) is 9.78 Å². The third kappa shape index (κ3) is 3.75. The van der Waals surface area contributed by atoms with Gasteiger partial charge in [0, 0.05) is 30.8 Å². The first-order chi connectivity index (χ1) is 16.0. The molecule has 0 bridgehead atoms. The van der Waals surface area contributed by atoms with E-state index in [1.165, 1.54) is 6.07 Å². The Bertz CT molecular complexity index is 1410. The lowest BCUT2D eigenvalue weighted by Crippen LogP contribution is -2.30. The number of nitrogens with one attached hydrogen (secondary N) is 1. The van der Waals surface area contributed by atoms with Crippen LogP contribution in [0, 0.1) is 17.7 Å². The molecule has 1 amide bonds. The monoisotopic (exact) mass is 446 g/mol. The fraction of sp³-hybridized carbons (Fsp3) is 0.320. The molecule has 2 aliphatic rings. The van der Waals surface area contributed by atoms with Gasteiger partial charge in [0.25, 0.3) is 0 Å². The van der Waals surface area contributed by atoms with Crippen LogP contribution in [-0.2, 0) is 11.2 Å². The number of nitrogens with zero attached hydrogens (tertiary/aromatic N) is 3. The van der Waals surface area contributed by atoms with Gasteiger partial charge in [0.1, 0.15) is 22.9 Å². The molecule has 1 saturated carbocycles. The van der Waals surface area contributed by atoms with Crippen molar-refractivity contribution < 1.29 is 13.6 Å². The second-order valence-electron chi connectivity index (χ2n) is 9.05. The Hall–Kier alpha value is -3.68. The van der Waals surface area contributed by atoms with Crippen LogP contribution in [0.3, 0.4) is 0 Å². The van der Waals surface area contributed by atoms with Crippen LogP contribution in [0.2, 0.25) is 0 Å². The summed E-state index contributed by atoms with van der Waals surface area (Å²) in [7, 11) is 0. The number of fused-ring (bicyclic) bond motifs is 1. The summed E-state index contributed by atoms with van der Waals surface area (Å²) in [5, 5.41) is 5.29. The molecule has 0 spiro atoms. The van der Waals surface area contributed by atoms with Gasteiger partial charge in [-0.3, -0.25) is 9.78 Å². The molecule has 1 saturated heterocycles. The molecule has 3 heterocycles. The van der Waals surface area contributed by atoms with Gasteiger partial charge in [0.15, 0.2) is 0 Å². The Balaban J connectivity index is 1.21. The summed E-state index contributed by atoms with van der Waals surface area (Å²) in [6, 6.07) is 12.3. The Morgan fingerprint density at radius 1 is 1.12 bits per heavy atom. The standard InChI is InChI=1S/C25H23FN4O3/c26-20-13-18(17-4-6-22-19(12-17)8-10-33-22)3-5-21(20)30-25(32)27-23(28-30)11-15-7-9-29(14-15)24(31)16-1-2-16/h3-6,8,10,12-13,15-16H,1-2,7,9,11,14H2,(H,27,28,32)/t15-/m0/s1. The van der Waals surface area contributed by atoms with Crippen molar-refractivity contribution in [2.45, 2.75) is 25.7 Å². The van der Waals surface area contributed by atoms with E-state index in [2.05, 4.69) is 10.1 Å². The predicted octanol–water partition coefficient (Wildman–Crippen LogP) is 3.91. The van der Waals surface area contributed by atoms with Gasteiger partial charge in [-0.1, -0.05) is 12.1 Å². The van der Waals surface area contributed by atoms with Crippen molar-refractivity contribution in [2.75, 3.05) is 13.1 Å². The lowest BCUT2D eigenvalue weighted by molar-refractivity contribution is -0.131. The minimum atomic E-state index is -0.526. The zero-order chi connectivity index (χ0) is 22.5. The Kier molecular flexibility index (Phi) is 4.67. The van der Waals surface area contributed by atoms with E-state index in [1.807, 2.05) is 29.2 Å².